The predicted octanol–water partition coefficient (Wildman–Crippen LogP) is 5.51. The maximum atomic E-state index is 12.6. The van der Waals surface area contributed by atoms with Crippen molar-refractivity contribution in [1.29, 1.82) is 0 Å². The highest BCUT2D eigenvalue weighted by Gasteiger charge is 2.25. The molecule has 40 heavy (non-hydrogen) atoms. The standard InChI is InChI=1S/C30H47NO9/c1-8-9-16-36-30(35)38-22(7)21(6)37-29(34)24(31)17-23-12-13-25(39-27(32)14-10-19(2)3)26(18-23)40-28(33)15-11-20(4)5/h12-13,18-22,24H,8-11,14-17,31H2,1-7H3/t21-,22-,24-/m0/s1. The molecule has 0 bridgehead atoms. The Kier molecular flexibility index (Phi) is 15.9. The summed E-state index contributed by atoms with van der Waals surface area (Å²) < 4.78 is 26.5. The van der Waals surface area contributed by atoms with Crippen LogP contribution >= 0.6 is 0 Å². The zero-order valence-corrected chi connectivity index (χ0v) is 25.0. The van der Waals surface area contributed by atoms with Crippen LogP contribution < -0.4 is 15.2 Å². The number of esters is 3. The lowest BCUT2D eigenvalue weighted by molar-refractivity contribution is -0.155. The van der Waals surface area contributed by atoms with E-state index in [1.165, 1.54) is 12.1 Å². The lowest BCUT2D eigenvalue weighted by atomic mass is 10.1. The average Bonchev–Trinajstić information content (AvgIpc) is 2.87. The number of unbranched alkanes of at least 4 members (excludes halogenated alkanes) is 1. The van der Waals surface area contributed by atoms with E-state index in [2.05, 4.69) is 0 Å². The molecular formula is C30H47NO9. The SMILES string of the molecule is CCCCOC(=O)O[C@@H](C)[C@H](C)OC(=O)[C@@H](N)Cc1ccc(OC(=O)CCC(C)C)c(OC(=O)CCC(C)C)c1. The largest absolute Gasteiger partial charge is 0.508 e. The van der Waals surface area contributed by atoms with E-state index in [1.807, 2.05) is 34.6 Å². The van der Waals surface area contributed by atoms with Crippen molar-refractivity contribution < 1.29 is 42.9 Å². The molecular weight excluding hydrogens is 518 g/mol. The Morgan fingerprint density at radius 1 is 0.800 bits per heavy atom. The van der Waals surface area contributed by atoms with E-state index >= 15 is 0 Å². The van der Waals surface area contributed by atoms with Gasteiger partial charge in [-0.2, -0.15) is 0 Å². The number of carbonyl (C=O) groups is 4. The third-order valence-electron chi connectivity index (χ3n) is 6.03. The molecule has 226 valence electrons. The number of nitrogens with two attached hydrogens (primary N) is 1. The van der Waals surface area contributed by atoms with E-state index in [1.54, 1.807) is 19.9 Å². The molecule has 0 aliphatic rings. The van der Waals surface area contributed by atoms with Gasteiger partial charge >= 0.3 is 24.1 Å². The van der Waals surface area contributed by atoms with E-state index in [0.717, 1.165) is 12.8 Å². The summed E-state index contributed by atoms with van der Waals surface area (Å²) in [4.78, 5) is 49.2. The summed E-state index contributed by atoms with van der Waals surface area (Å²) in [6.07, 6.45) is 1.09. The van der Waals surface area contributed by atoms with Gasteiger partial charge in [0.05, 0.1) is 6.61 Å². The van der Waals surface area contributed by atoms with Gasteiger partial charge in [0.15, 0.2) is 11.5 Å². The molecule has 0 saturated carbocycles. The van der Waals surface area contributed by atoms with Crippen molar-refractivity contribution in [2.24, 2.45) is 17.6 Å². The van der Waals surface area contributed by atoms with E-state index in [9.17, 15) is 19.2 Å². The first-order valence-corrected chi connectivity index (χ1v) is 14.2. The first-order valence-electron chi connectivity index (χ1n) is 14.2. The Morgan fingerprint density at radius 2 is 1.35 bits per heavy atom. The summed E-state index contributed by atoms with van der Waals surface area (Å²) in [6.45, 7) is 13.4. The molecule has 1 rings (SSSR count). The Hall–Kier alpha value is -3.14. The Balaban J connectivity index is 2.87. The highest BCUT2D eigenvalue weighted by atomic mass is 16.7. The van der Waals surface area contributed by atoms with Gasteiger partial charge in [-0.15, -0.1) is 0 Å². The second-order valence-electron chi connectivity index (χ2n) is 10.8. The van der Waals surface area contributed by atoms with Crippen LogP contribution in [0.15, 0.2) is 18.2 Å². The van der Waals surface area contributed by atoms with E-state index in [0.29, 0.717) is 30.2 Å². The number of carbonyl (C=O) groups excluding carboxylic acids is 4. The first kappa shape index (κ1) is 34.9. The molecule has 3 atom stereocenters. The van der Waals surface area contributed by atoms with Crippen LogP contribution in [0.25, 0.3) is 0 Å². The van der Waals surface area contributed by atoms with Crippen LogP contribution in [0.3, 0.4) is 0 Å². The number of hydrogen-bond acceptors (Lipinski definition) is 10. The Labute approximate surface area is 238 Å². The van der Waals surface area contributed by atoms with Gasteiger partial charge in [0.2, 0.25) is 0 Å². The molecule has 10 heteroatoms. The van der Waals surface area contributed by atoms with Gasteiger partial charge in [0, 0.05) is 12.8 Å². The average molecular weight is 566 g/mol. The maximum absolute atomic E-state index is 12.6. The van der Waals surface area contributed by atoms with Crippen molar-refractivity contribution in [3.8, 4) is 11.5 Å². The number of benzene rings is 1. The van der Waals surface area contributed by atoms with E-state index in [4.69, 9.17) is 29.4 Å². The van der Waals surface area contributed by atoms with Crippen LogP contribution in [0.1, 0.15) is 92.6 Å². The molecule has 0 aromatic heterocycles. The molecule has 1 aromatic rings. The molecule has 0 aliphatic carbocycles. The minimum Gasteiger partial charge on any atom is -0.458 e. The summed E-state index contributed by atoms with van der Waals surface area (Å²) in [7, 11) is 0. The summed E-state index contributed by atoms with van der Waals surface area (Å²) in [5.74, 6) is -0.716. The van der Waals surface area contributed by atoms with Crippen molar-refractivity contribution in [3.05, 3.63) is 23.8 Å². The summed E-state index contributed by atoms with van der Waals surface area (Å²) >= 11 is 0. The van der Waals surface area contributed by atoms with Crippen molar-refractivity contribution in [2.45, 2.75) is 112 Å². The topological polar surface area (TPSA) is 140 Å². The molecule has 0 radical (unpaired) electrons. The molecule has 2 N–H and O–H groups in total. The molecule has 0 fully saturated rings. The molecule has 0 saturated heterocycles. The number of ether oxygens (including phenoxy) is 5. The second-order valence-corrected chi connectivity index (χ2v) is 10.8. The minimum absolute atomic E-state index is 0.0674. The van der Waals surface area contributed by atoms with Gasteiger partial charge in [-0.1, -0.05) is 47.1 Å². The predicted molar refractivity (Wildman–Crippen MR) is 150 cm³/mol. The Morgan fingerprint density at radius 3 is 1.90 bits per heavy atom. The monoisotopic (exact) mass is 565 g/mol. The van der Waals surface area contributed by atoms with Crippen LogP contribution in [0.2, 0.25) is 0 Å². The van der Waals surface area contributed by atoms with Crippen LogP contribution in [0, 0.1) is 11.8 Å². The maximum Gasteiger partial charge on any atom is 0.508 e. The van der Waals surface area contributed by atoms with Gasteiger partial charge in [0.25, 0.3) is 0 Å². The summed E-state index contributed by atoms with van der Waals surface area (Å²) in [5, 5.41) is 0. The zero-order valence-electron chi connectivity index (χ0n) is 25.0. The lowest BCUT2D eigenvalue weighted by Crippen LogP contribution is -2.39. The highest BCUT2D eigenvalue weighted by Crippen LogP contribution is 2.30. The third-order valence-corrected chi connectivity index (χ3v) is 6.03. The molecule has 10 nitrogen and oxygen atoms in total. The van der Waals surface area contributed by atoms with Crippen LogP contribution in [0.5, 0.6) is 11.5 Å². The smallest absolute Gasteiger partial charge is 0.458 e. The van der Waals surface area contributed by atoms with Crippen LogP contribution in [-0.2, 0) is 35.0 Å². The van der Waals surface area contributed by atoms with Crippen molar-refractivity contribution in [1.82, 2.24) is 0 Å². The third kappa shape index (κ3) is 14.3. The fraction of sp³-hybridized carbons (Fsp3) is 0.667. The van der Waals surface area contributed by atoms with Crippen molar-refractivity contribution in [2.75, 3.05) is 6.61 Å². The molecule has 0 heterocycles. The summed E-state index contributed by atoms with van der Waals surface area (Å²) in [5.41, 5.74) is 6.68. The zero-order chi connectivity index (χ0) is 30.2. The molecule has 0 spiro atoms. The number of hydrogen-bond donors (Lipinski definition) is 1. The minimum atomic E-state index is -1.05. The fourth-order valence-electron chi connectivity index (χ4n) is 3.29. The van der Waals surface area contributed by atoms with Gasteiger partial charge < -0.3 is 29.4 Å². The first-order chi connectivity index (χ1) is 18.8. The number of rotatable bonds is 17. The second kappa shape index (κ2) is 18.3. The highest BCUT2D eigenvalue weighted by molar-refractivity contribution is 5.77. The van der Waals surface area contributed by atoms with Crippen molar-refractivity contribution in [3.63, 3.8) is 0 Å². The van der Waals surface area contributed by atoms with Crippen LogP contribution in [0.4, 0.5) is 4.79 Å². The van der Waals surface area contributed by atoms with Gasteiger partial charge in [-0.3, -0.25) is 14.4 Å². The van der Waals surface area contributed by atoms with Crippen LogP contribution in [-0.4, -0.2) is 48.9 Å². The fourth-order valence-corrected chi connectivity index (χ4v) is 3.29. The Bertz CT molecular complexity index is 960. The van der Waals surface area contributed by atoms with E-state index in [-0.39, 0.29) is 37.4 Å². The molecule has 0 unspecified atom stereocenters. The van der Waals surface area contributed by atoms with Crippen molar-refractivity contribution >= 4 is 24.1 Å². The summed E-state index contributed by atoms with van der Waals surface area (Å²) in [6, 6.07) is 3.65. The molecule has 1 aromatic carbocycles. The van der Waals surface area contributed by atoms with Gasteiger partial charge in [0.1, 0.15) is 18.2 Å². The molecule has 0 aliphatic heterocycles. The van der Waals surface area contributed by atoms with Gasteiger partial charge in [-0.25, -0.2) is 4.79 Å². The van der Waals surface area contributed by atoms with E-state index < -0.39 is 42.3 Å². The molecule has 0 amide bonds. The lowest BCUT2D eigenvalue weighted by Gasteiger charge is -2.22. The van der Waals surface area contributed by atoms with Gasteiger partial charge in [-0.05, 0) is 69.1 Å². The normalized spacial score (nSPS) is 13.3. The quantitative estimate of drug-likeness (QED) is 0.146.